The predicted molar refractivity (Wildman–Crippen MR) is 193 cm³/mol. The summed E-state index contributed by atoms with van der Waals surface area (Å²) in [6, 6.07) is 29.4. The van der Waals surface area contributed by atoms with Gasteiger partial charge >= 0.3 is 0 Å². The first-order valence-corrected chi connectivity index (χ1v) is 18.5. The average molecular weight is 708 g/mol. The van der Waals surface area contributed by atoms with E-state index in [4.69, 9.17) is 23.5 Å². The summed E-state index contributed by atoms with van der Waals surface area (Å²) in [5.74, 6) is -0.512. The Kier molecular flexibility index (Phi) is 10.7. The number of pyridine rings is 1. The first-order chi connectivity index (χ1) is 24.9. The molecule has 4 aromatic carbocycles. The summed E-state index contributed by atoms with van der Waals surface area (Å²) in [6.45, 7) is 6.10. The van der Waals surface area contributed by atoms with Gasteiger partial charge in [0, 0.05) is 43.3 Å². The number of amides is 2. The van der Waals surface area contributed by atoms with Crippen molar-refractivity contribution in [2.75, 3.05) is 32.7 Å². The molecule has 3 heterocycles. The summed E-state index contributed by atoms with van der Waals surface area (Å²) in [5.41, 5.74) is 4.33. The number of carbonyl (C=O) groups excluding carboxylic acids is 2. The van der Waals surface area contributed by atoms with E-state index in [1.807, 2.05) is 80.6 Å². The van der Waals surface area contributed by atoms with Gasteiger partial charge in [0.05, 0.1) is 30.4 Å². The molecule has 0 spiro atoms. The number of aromatic nitrogens is 1. The lowest BCUT2D eigenvalue weighted by molar-refractivity contribution is -0.0297. The number of ether oxygens (including phenoxy) is 2. The van der Waals surface area contributed by atoms with E-state index in [1.165, 1.54) is 12.1 Å². The highest BCUT2D eigenvalue weighted by atomic mass is 31.2. The fourth-order valence-corrected chi connectivity index (χ4v) is 7.70. The van der Waals surface area contributed by atoms with Crippen LogP contribution in [0, 0.1) is 5.82 Å². The normalized spacial score (nSPS) is 14.4. The molecule has 1 aromatic heterocycles. The molecule has 0 radical (unpaired) electrons. The van der Waals surface area contributed by atoms with Gasteiger partial charge in [-0.2, -0.15) is 0 Å². The van der Waals surface area contributed by atoms with Crippen LogP contribution in [0.15, 0.2) is 103 Å². The van der Waals surface area contributed by atoms with Gasteiger partial charge in [-0.1, -0.05) is 78.9 Å². The number of hydrogen-bond donors (Lipinski definition) is 0. The zero-order chi connectivity index (χ0) is 35.3. The van der Waals surface area contributed by atoms with Crippen LogP contribution >= 0.6 is 8.38 Å². The molecule has 0 N–H and O–H groups in total. The van der Waals surface area contributed by atoms with Crippen LogP contribution in [0.2, 0.25) is 0 Å². The van der Waals surface area contributed by atoms with Gasteiger partial charge in [-0.25, -0.2) is 4.39 Å². The summed E-state index contributed by atoms with van der Waals surface area (Å²) in [4.78, 5) is 37.1. The summed E-state index contributed by atoms with van der Waals surface area (Å²) < 4.78 is 38.1. The smallest absolute Gasteiger partial charge is 0.258 e. The summed E-state index contributed by atoms with van der Waals surface area (Å²) in [7, 11) is -1.16. The van der Waals surface area contributed by atoms with E-state index >= 15 is 0 Å². The van der Waals surface area contributed by atoms with E-state index < -0.39 is 14.5 Å². The monoisotopic (exact) mass is 707 g/mol. The standard InChI is InChI=1S/C40H39FN3O6P/c1-3-48-51(49-4-2)26-47-31-23-44(24-31)39(45)34-32-16-11-21-42-36(32)38(50-37(28-12-7-5-8-13-28)29-14-9-6-10-15-29)35-33(34)25-43(40(35)46)22-27-17-19-30(41)20-18-27/h5-21,31,37H,3-4,22-26H2,1-2H3. The molecule has 2 aliphatic heterocycles. The molecule has 7 rings (SSSR count). The van der Waals surface area contributed by atoms with Crippen LogP contribution < -0.4 is 4.74 Å². The molecule has 0 atom stereocenters. The topological polar surface area (TPSA) is 90.4 Å². The van der Waals surface area contributed by atoms with Gasteiger partial charge in [0.1, 0.15) is 23.8 Å². The van der Waals surface area contributed by atoms with Crippen molar-refractivity contribution >= 4 is 31.1 Å². The Morgan fingerprint density at radius 2 is 1.55 bits per heavy atom. The fourth-order valence-electron chi connectivity index (χ4n) is 6.57. The molecular formula is C40H39FN3O6P. The van der Waals surface area contributed by atoms with E-state index in [-0.39, 0.29) is 36.8 Å². The molecule has 1 saturated heterocycles. The molecule has 2 amide bonds. The van der Waals surface area contributed by atoms with E-state index in [0.29, 0.717) is 66.0 Å². The van der Waals surface area contributed by atoms with Gasteiger partial charge in [0.25, 0.3) is 11.8 Å². The van der Waals surface area contributed by atoms with Gasteiger partial charge in [-0.05, 0) is 48.7 Å². The minimum Gasteiger partial charge on any atom is -0.478 e. The number of likely N-dealkylation sites (tertiary alicyclic amines) is 1. The third kappa shape index (κ3) is 7.37. The molecule has 9 nitrogen and oxygen atoms in total. The van der Waals surface area contributed by atoms with Gasteiger partial charge in [0.15, 0.2) is 14.1 Å². The zero-order valence-corrected chi connectivity index (χ0v) is 29.4. The number of hydrogen-bond acceptors (Lipinski definition) is 7. The molecule has 0 unspecified atom stereocenters. The van der Waals surface area contributed by atoms with Crippen LogP contribution in [0.1, 0.15) is 62.9 Å². The van der Waals surface area contributed by atoms with Crippen molar-refractivity contribution in [3.63, 3.8) is 0 Å². The van der Waals surface area contributed by atoms with Crippen molar-refractivity contribution < 1.29 is 32.5 Å². The lowest BCUT2D eigenvalue weighted by Crippen LogP contribution is -2.55. The number of benzene rings is 4. The predicted octanol–water partition coefficient (Wildman–Crippen LogP) is 7.88. The van der Waals surface area contributed by atoms with Crippen molar-refractivity contribution in [2.45, 2.75) is 39.1 Å². The Morgan fingerprint density at radius 1 is 0.902 bits per heavy atom. The SMILES string of the molecule is CCOP(COC1CN(C(=O)c2c3c(c(OC(c4ccccc4)c4ccccc4)c4ncccc24)C(=O)N(Cc2ccc(F)cc2)C3)C1)OCC. The molecule has 2 aliphatic rings. The Morgan fingerprint density at radius 3 is 2.18 bits per heavy atom. The van der Waals surface area contributed by atoms with Crippen molar-refractivity contribution in [1.29, 1.82) is 0 Å². The van der Waals surface area contributed by atoms with Crippen LogP contribution in [-0.2, 0) is 26.9 Å². The first kappa shape index (κ1) is 34.7. The molecule has 11 heteroatoms. The molecular weight excluding hydrogens is 668 g/mol. The van der Waals surface area contributed by atoms with Gasteiger partial charge in [-0.15, -0.1) is 0 Å². The second-order valence-corrected chi connectivity index (χ2v) is 13.8. The maximum Gasteiger partial charge on any atom is 0.258 e. The van der Waals surface area contributed by atoms with Crippen molar-refractivity contribution in [3.8, 4) is 5.75 Å². The third-order valence-corrected chi connectivity index (χ3v) is 10.5. The van der Waals surface area contributed by atoms with Gasteiger partial charge in [0.2, 0.25) is 0 Å². The molecule has 1 fully saturated rings. The maximum atomic E-state index is 14.5. The zero-order valence-electron chi connectivity index (χ0n) is 28.5. The summed E-state index contributed by atoms with van der Waals surface area (Å²) >= 11 is 0. The molecule has 0 bridgehead atoms. The van der Waals surface area contributed by atoms with E-state index in [0.717, 1.165) is 16.7 Å². The largest absolute Gasteiger partial charge is 0.478 e. The number of rotatable bonds is 14. The Hall–Kier alpha value is -4.73. The third-order valence-electron chi connectivity index (χ3n) is 9.01. The molecule has 0 aliphatic carbocycles. The number of fused-ring (bicyclic) bond motifs is 2. The van der Waals surface area contributed by atoms with E-state index in [2.05, 4.69) is 0 Å². The number of halogens is 1. The van der Waals surface area contributed by atoms with E-state index in [9.17, 15) is 14.0 Å². The Labute approximate surface area is 297 Å². The number of carbonyl (C=O) groups is 2. The minimum atomic E-state index is -1.16. The Bertz CT molecular complexity index is 1950. The Balaban J connectivity index is 1.27. The number of nitrogens with zero attached hydrogens (tertiary/aromatic N) is 3. The second kappa shape index (κ2) is 15.7. The highest BCUT2D eigenvalue weighted by Gasteiger charge is 2.41. The van der Waals surface area contributed by atoms with Crippen LogP contribution in [-0.4, -0.2) is 65.4 Å². The lowest BCUT2D eigenvalue weighted by Gasteiger charge is -2.39. The molecule has 262 valence electrons. The average Bonchev–Trinajstić information content (AvgIpc) is 3.45. The van der Waals surface area contributed by atoms with Gasteiger partial charge < -0.3 is 28.3 Å². The molecule has 5 aromatic rings. The van der Waals surface area contributed by atoms with Crippen LogP contribution in [0.3, 0.4) is 0 Å². The second-order valence-electron chi connectivity index (χ2n) is 12.4. The quantitative estimate of drug-likeness (QED) is 0.109. The van der Waals surface area contributed by atoms with Crippen LogP contribution in [0.25, 0.3) is 10.9 Å². The first-order valence-electron chi connectivity index (χ1n) is 17.1. The summed E-state index contributed by atoms with van der Waals surface area (Å²) in [6.07, 6.45) is 1.26. The fraction of sp³-hybridized carbons (Fsp3) is 0.275. The minimum absolute atomic E-state index is 0.158. The van der Waals surface area contributed by atoms with Crippen molar-refractivity contribution in [3.05, 3.63) is 142 Å². The molecule has 0 saturated carbocycles. The van der Waals surface area contributed by atoms with Crippen molar-refractivity contribution in [1.82, 2.24) is 14.8 Å². The highest BCUT2D eigenvalue weighted by Crippen LogP contribution is 2.44. The van der Waals surface area contributed by atoms with E-state index in [1.54, 1.807) is 34.2 Å². The maximum absolute atomic E-state index is 14.5. The van der Waals surface area contributed by atoms with Gasteiger partial charge in [-0.3, -0.25) is 14.6 Å². The lowest BCUT2D eigenvalue weighted by atomic mass is 9.94. The van der Waals surface area contributed by atoms with Crippen LogP contribution in [0.5, 0.6) is 5.75 Å². The van der Waals surface area contributed by atoms with Crippen molar-refractivity contribution in [2.24, 2.45) is 0 Å². The molecule has 51 heavy (non-hydrogen) atoms. The summed E-state index contributed by atoms with van der Waals surface area (Å²) in [5, 5.41) is 0.605. The van der Waals surface area contributed by atoms with Crippen LogP contribution in [0.4, 0.5) is 4.39 Å². The highest BCUT2D eigenvalue weighted by molar-refractivity contribution is 7.47.